The molecule has 1 N–H and O–H groups in total. The number of esters is 2. The van der Waals surface area contributed by atoms with Crippen LogP contribution in [-0.4, -0.2) is 30.9 Å². The van der Waals surface area contributed by atoms with Crippen molar-refractivity contribution in [2.75, 3.05) is 13.9 Å². The van der Waals surface area contributed by atoms with Gasteiger partial charge in [-0.15, -0.1) is 0 Å². The molecule has 0 heterocycles. The molecule has 0 fully saturated rings. The van der Waals surface area contributed by atoms with E-state index in [4.69, 9.17) is 24.1 Å². The lowest BCUT2D eigenvalue weighted by molar-refractivity contribution is 0.0719. The van der Waals surface area contributed by atoms with Crippen molar-refractivity contribution in [3.63, 3.8) is 0 Å². The first-order valence-corrected chi connectivity index (χ1v) is 8.61. The Balaban J connectivity index is 1.59. The second-order valence-corrected chi connectivity index (χ2v) is 5.78. The van der Waals surface area contributed by atoms with Gasteiger partial charge in [0.15, 0.2) is 6.79 Å². The van der Waals surface area contributed by atoms with Crippen LogP contribution in [-0.2, 0) is 0 Å². The van der Waals surface area contributed by atoms with Crippen LogP contribution in [0.4, 0.5) is 0 Å². The molecule has 0 spiro atoms. The van der Waals surface area contributed by atoms with Gasteiger partial charge in [0.05, 0.1) is 18.2 Å². The van der Waals surface area contributed by atoms with Crippen molar-refractivity contribution in [1.29, 1.82) is 0 Å². The molecule has 0 bridgehead atoms. The summed E-state index contributed by atoms with van der Waals surface area (Å²) in [7, 11) is 1.54. The van der Waals surface area contributed by atoms with Crippen molar-refractivity contribution in [3.8, 4) is 23.0 Å². The van der Waals surface area contributed by atoms with Crippen LogP contribution < -0.4 is 18.9 Å². The fourth-order valence-electron chi connectivity index (χ4n) is 2.40. The fourth-order valence-corrected chi connectivity index (χ4v) is 2.40. The highest BCUT2D eigenvalue weighted by atomic mass is 16.6. The first-order valence-electron chi connectivity index (χ1n) is 8.61. The van der Waals surface area contributed by atoms with E-state index >= 15 is 0 Å². The molecule has 0 unspecified atom stereocenters. The summed E-state index contributed by atoms with van der Waals surface area (Å²) in [5.41, 5.74) is 0.709. The molecule has 0 amide bonds. The summed E-state index contributed by atoms with van der Waals surface area (Å²) in [4.78, 5) is 24.3. The zero-order valence-electron chi connectivity index (χ0n) is 15.5. The minimum atomic E-state index is -0.552. The third-order valence-corrected chi connectivity index (χ3v) is 3.89. The topological polar surface area (TPSA) is 91.3 Å². The Kier molecular flexibility index (Phi) is 6.44. The molecule has 3 aromatic carbocycles. The van der Waals surface area contributed by atoms with Crippen molar-refractivity contribution >= 4 is 11.9 Å². The standard InChI is InChI=1S/C22H18O7/c1-26-17-6-2-15(3-7-17)21(24)28-19-10-12-20(13-11-19)29-22(25)16-4-8-18(9-5-16)27-14-23/h2-13,23H,14H2,1H3. The number of carbonyl (C=O) groups excluding carboxylic acids is 2. The molecule has 0 saturated heterocycles. The van der Waals surface area contributed by atoms with Gasteiger partial charge in [-0.25, -0.2) is 9.59 Å². The average Bonchev–Trinajstić information content (AvgIpc) is 2.76. The van der Waals surface area contributed by atoms with Crippen molar-refractivity contribution in [2.45, 2.75) is 0 Å². The summed E-state index contributed by atoms with van der Waals surface area (Å²) >= 11 is 0. The van der Waals surface area contributed by atoms with Crippen LogP contribution in [0.5, 0.6) is 23.0 Å². The van der Waals surface area contributed by atoms with Gasteiger partial charge in [0.2, 0.25) is 0 Å². The molecular formula is C22H18O7. The second kappa shape index (κ2) is 9.38. The van der Waals surface area contributed by atoms with Crippen LogP contribution in [0.15, 0.2) is 72.8 Å². The quantitative estimate of drug-likeness (QED) is 0.373. The SMILES string of the molecule is COc1ccc(C(=O)Oc2ccc(OC(=O)c3ccc(OCO)cc3)cc2)cc1. The largest absolute Gasteiger partial charge is 0.497 e. The summed E-state index contributed by atoms with van der Waals surface area (Å²) in [6.45, 7) is -0.445. The molecule has 0 saturated carbocycles. The molecule has 0 aliphatic carbocycles. The van der Waals surface area contributed by atoms with E-state index in [9.17, 15) is 9.59 Å². The van der Waals surface area contributed by atoms with Crippen LogP contribution in [0.25, 0.3) is 0 Å². The van der Waals surface area contributed by atoms with Gasteiger partial charge < -0.3 is 24.1 Å². The Labute approximate surface area is 167 Å². The number of aliphatic hydroxyl groups excluding tert-OH is 1. The molecule has 7 heteroatoms. The van der Waals surface area contributed by atoms with Crippen molar-refractivity contribution in [1.82, 2.24) is 0 Å². The van der Waals surface area contributed by atoms with Gasteiger partial charge in [0, 0.05) is 0 Å². The van der Waals surface area contributed by atoms with E-state index in [-0.39, 0.29) is 0 Å². The maximum Gasteiger partial charge on any atom is 0.343 e. The van der Waals surface area contributed by atoms with Crippen LogP contribution in [0.3, 0.4) is 0 Å². The number of aliphatic hydroxyl groups is 1. The number of rotatable bonds is 7. The van der Waals surface area contributed by atoms with Gasteiger partial charge in [-0.1, -0.05) is 0 Å². The van der Waals surface area contributed by atoms with E-state index in [0.717, 1.165) is 0 Å². The van der Waals surface area contributed by atoms with E-state index in [1.54, 1.807) is 43.5 Å². The van der Waals surface area contributed by atoms with Crippen LogP contribution >= 0.6 is 0 Å². The van der Waals surface area contributed by atoms with Gasteiger partial charge in [-0.3, -0.25) is 0 Å². The second-order valence-electron chi connectivity index (χ2n) is 5.78. The Morgan fingerprint density at radius 1 is 0.655 bits per heavy atom. The summed E-state index contributed by atoms with van der Waals surface area (Å²) in [6, 6.07) is 18.8. The molecule has 29 heavy (non-hydrogen) atoms. The summed E-state index contributed by atoms with van der Waals surface area (Å²) < 4.78 is 20.5. The zero-order chi connectivity index (χ0) is 20.6. The van der Waals surface area contributed by atoms with E-state index in [2.05, 4.69) is 0 Å². The zero-order valence-corrected chi connectivity index (χ0v) is 15.5. The van der Waals surface area contributed by atoms with E-state index in [1.807, 2.05) is 0 Å². The molecular weight excluding hydrogens is 376 g/mol. The highest BCUT2D eigenvalue weighted by Gasteiger charge is 2.11. The van der Waals surface area contributed by atoms with Gasteiger partial charge in [0.1, 0.15) is 23.0 Å². The van der Waals surface area contributed by atoms with E-state index < -0.39 is 18.7 Å². The van der Waals surface area contributed by atoms with Crippen LogP contribution in [0.1, 0.15) is 20.7 Å². The maximum absolute atomic E-state index is 12.2. The first-order chi connectivity index (χ1) is 14.1. The predicted molar refractivity (Wildman–Crippen MR) is 104 cm³/mol. The Hall–Kier alpha value is -3.84. The Bertz CT molecular complexity index is 962. The molecule has 7 nitrogen and oxygen atoms in total. The number of hydrogen-bond acceptors (Lipinski definition) is 7. The third-order valence-electron chi connectivity index (χ3n) is 3.89. The average molecular weight is 394 g/mol. The minimum absolute atomic E-state index is 0.301. The summed E-state index contributed by atoms with van der Waals surface area (Å²) in [5.74, 6) is 0.632. The Morgan fingerprint density at radius 2 is 1.03 bits per heavy atom. The number of methoxy groups -OCH3 is 1. The van der Waals surface area contributed by atoms with E-state index in [1.165, 1.54) is 36.4 Å². The highest BCUT2D eigenvalue weighted by Crippen LogP contribution is 2.21. The molecule has 3 aromatic rings. The molecule has 0 atom stereocenters. The number of ether oxygens (including phenoxy) is 4. The maximum atomic E-state index is 12.2. The van der Waals surface area contributed by atoms with Gasteiger partial charge in [-0.2, -0.15) is 0 Å². The first kappa shape index (κ1) is 19.9. The number of benzene rings is 3. The molecule has 0 aliphatic rings. The monoisotopic (exact) mass is 394 g/mol. The summed E-state index contributed by atoms with van der Waals surface area (Å²) in [6.07, 6.45) is 0. The molecule has 3 rings (SSSR count). The molecule has 0 aromatic heterocycles. The van der Waals surface area contributed by atoms with E-state index in [0.29, 0.717) is 34.1 Å². The van der Waals surface area contributed by atoms with Crippen LogP contribution in [0.2, 0.25) is 0 Å². The Morgan fingerprint density at radius 3 is 1.41 bits per heavy atom. The van der Waals surface area contributed by atoms with Gasteiger partial charge >= 0.3 is 11.9 Å². The van der Waals surface area contributed by atoms with Crippen molar-refractivity contribution in [3.05, 3.63) is 83.9 Å². The van der Waals surface area contributed by atoms with Crippen molar-refractivity contribution in [2.24, 2.45) is 0 Å². The van der Waals surface area contributed by atoms with Gasteiger partial charge in [-0.05, 0) is 72.8 Å². The van der Waals surface area contributed by atoms with Crippen molar-refractivity contribution < 1.29 is 33.6 Å². The number of hydrogen-bond donors (Lipinski definition) is 1. The number of carbonyl (C=O) groups is 2. The predicted octanol–water partition coefficient (Wildman–Crippen LogP) is 3.46. The minimum Gasteiger partial charge on any atom is -0.497 e. The lowest BCUT2D eigenvalue weighted by atomic mass is 10.2. The van der Waals surface area contributed by atoms with Crippen LogP contribution in [0, 0.1) is 0 Å². The molecule has 148 valence electrons. The van der Waals surface area contributed by atoms with Gasteiger partial charge in [0.25, 0.3) is 0 Å². The lowest BCUT2D eigenvalue weighted by Gasteiger charge is -2.08. The smallest absolute Gasteiger partial charge is 0.343 e. The lowest BCUT2D eigenvalue weighted by Crippen LogP contribution is -2.09. The molecule has 0 aliphatic heterocycles. The fraction of sp³-hybridized carbons (Fsp3) is 0.0909. The normalized spacial score (nSPS) is 10.1. The summed E-state index contributed by atoms with van der Waals surface area (Å²) in [5, 5.41) is 8.71. The third kappa shape index (κ3) is 5.33. The molecule has 0 radical (unpaired) electrons. The highest BCUT2D eigenvalue weighted by molar-refractivity contribution is 5.92.